The fraction of sp³-hybridized carbons (Fsp3) is 0.200. The smallest absolute Gasteiger partial charge is 0.166 e. The number of carbonyl (C=O) groups excluding carboxylic acids is 1. The van der Waals surface area contributed by atoms with E-state index in [1.54, 1.807) is 46.9 Å². The highest BCUT2D eigenvalue weighted by Gasteiger charge is 2.09. The van der Waals surface area contributed by atoms with E-state index in [-0.39, 0.29) is 12.2 Å². The van der Waals surface area contributed by atoms with Crippen molar-refractivity contribution in [2.75, 3.05) is 0 Å². The van der Waals surface area contributed by atoms with Crippen LogP contribution < -0.4 is 0 Å². The van der Waals surface area contributed by atoms with Crippen LogP contribution in [0.1, 0.15) is 22.3 Å². The number of ketones is 1. The van der Waals surface area contributed by atoms with Crippen molar-refractivity contribution >= 4 is 28.4 Å². The molecule has 0 fully saturated rings. The second-order valence-corrected chi connectivity index (χ2v) is 4.19. The molecule has 1 aromatic carbocycles. The molecule has 0 spiro atoms. The maximum Gasteiger partial charge on any atom is 0.166 e. The molecular formula is C10H8INO2. The van der Waals surface area contributed by atoms with Gasteiger partial charge < -0.3 is 5.11 Å². The lowest BCUT2D eigenvalue weighted by atomic mass is 10.1. The average Bonchev–Trinajstić information content (AvgIpc) is 2.17. The molecule has 0 amide bonds. The number of hydrogen-bond acceptors (Lipinski definition) is 3. The first kappa shape index (κ1) is 11.1. The molecule has 0 aliphatic heterocycles. The van der Waals surface area contributed by atoms with E-state index < -0.39 is 4.11 Å². The SMILES string of the molecule is N#Cc1ccc(C(=O)CC(O)I)cc1. The van der Waals surface area contributed by atoms with Crippen LogP contribution in [-0.2, 0) is 0 Å². The minimum Gasteiger partial charge on any atom is -0.382 e. The molecule has 0 saturated carbocycles. The summed E-state index contributed by atoms with van der Waals surface area (Å²) >= 11 is 1.78. The van der Waals surface area contributed by atoms with Gasteiger partial charge in [-0.1, -0.05) is 34.7 Å². The van der Waals surface area contributed by atoms with Crippen molar-refractivity contribution in [2.24, 2.45) is 0 Å². The van der Waals surface area contributed by atoms with Gasteiger partial charge in [0.15, 0.2) is 5.78 Å². The number of aliphatic hydroxyl groups excluding tert-OH is 1. The second kappa shape index (κ2) is 5.08. The molecule has 0 bridgehead atoms. The maximum absolute atomic E-state index is 11.4. The van der Waals surface area contributed by atoms with Crippen LogP contribution >= 0.6 is 22.6 Å². The predicted octanol–water partition coefficient (Wildman–Crippen LogP) is 1.88. The summed E-state index contributed by atoms with van der Waals surface area (Å²) in [6, 6.07) is 8.35. The first-order valence-electron chi connectivity index (χ1n) is 3.99. The third-order valence-electron chi connectivity index (χ3n) is 1.69. The lowest BCUT2D eigenvalue weighted by molar-refractivity contribution is 0.0950. The Kier molecular flexibility index (Phi) is 4.04. The van der Waals surface area contributed by atoms with Crippen molar-refractivity contribution in [1.29, 1.82) is 5.26 Å². The highest BCUT2D eigenvalue weighted by Crippen LogP contribution is 2.10. The molecular weight excluding hydrogens is 293 g/mol. The van der Waals surface area contributed by atoms with Crippen molar-refractivity contribution in [3.63, 3.8) is 0 Å². The fourth-order valence-electron chi connectivity index (χ4n) is 1.00. The molecule has 1 atom stereocenters. The van der Waals surface area contributed by atoms with E-state index in [2.05, 4.69) is 0 Å². The minimum absolute atomic E-state index is 0.104. The molecule has 1 aromatic rings. The van der Waals surface area contributed by atoms with Gasteiger partial charge in [-0.25, -0.2) is 0 Å². The number of aliphatic hydroxyl groups is 1. The Bertz CT molecular complexity index is 365. The van der Waals surface area contributed by atoms with Gasteiger partial charge in [0.1, 0.15) is 4.11 Å². The molecule has 1 unspecified atom stereocenters. The maximum atomic E-state index is 11.4. The normalized spacial score (nSPS) is 11.8. The lowest BCUT2D eigenvalue weighted by Gasteiger charge is -2.01. The van der Waals surface area contributed by atoms with E-state index >= 15 is 0 Å². The Morgan fingerprint density at radius 1 is 1.50 bits per heavy atom. The number of nitrogens with zero attached hydrogens (tertiary/aromatic N) is 1. The predicted molar refractivity (Wildman–Crippen MR) is 60.1 cm³/mol. The van der Waals surface area contributed by atoms with Crippen molar-refractivity contribution in [1.82, 2.24) is 0 Å². The van der Waals surface area contributed by atoms with E-state index in [4.69, 9.17) is 10.4 Å². The average molecular weight is 301 g/mol. The third-order valence-corrected chi connectivity index (χ3v) is 2.13. The van der Waals surface area contributed by atoms with E-state index in [1.165, 1.54) is 0 Å². The van der Waals surface area contributed by atoms with Crippen LogP contribution in [0.5, 0.6) is 0 Å². The van der Waals surface area contributed by atoms with Gasteiger partial charge in [-0.3, -0.25) is 4.79 Å². The highest BCUT2D eigenvalue weighted by molar-refractivity contribution is 14.1. The third kappa shape index (κ3) is 3.09. The molecule has 14 heavy (non-hydrogen) atoms. The van der Waals surface area contributed by atoms with Crippen LogP contribution in [0.3, 0.4) is 0 Å². The first-order chi connectivity index (χ1) is 6.63. The molecule has 0 aliphatic carbocycles. The zero-order valence-corrected chi connectivity index (χ0v) is 9.43. The Labute approximate surface area is 95.5 Å². The second-order valence-electron chi connectivity index (χ2n) is 2.75. The molecule has 0 heterocycles. The van der Waals surface area contributed by atoms with Gasteiger partial charge in [0, 0.05) is 12.0 Å². The Morgan fingerprint density at radius 3 is 2.50 bits per heavy atom. The monoisotopic (exact) mass is 301 g/mol. The largest absolute Gasteiger partial charge is 0.382 e. The molecule has 0 saturated heterocycles. The van der Waals surface area contributed by atoms with Crippen molar-refractivity contribution in [3.8, 4) is 6.07 Å². The minimum atomic E-state index is -0.657. The van der Waals surface area contributed by atoms with Crippen LogP contribution in [-0.4, -0.2) is 15.0 Å². The molecule has 1 rings (SSSR count). The number of benzene rings is 1. The van der Waals surface area contributed by atoms with Gasteiger partial charge in [-0.2, -0.15) is 5.26 Å². The molecule has 0 aromatic heterocycles. The zero-order valence-electron chi connectivity index (χ0n) is 7.27. The van der Waals surface area contributed by atoms with E-state index in [9.17, 15) is 4.79 Å². The molecule has 1 N–H and O–H groups in total. The quantitative estimate of drug-likeness (QED) is 0.527. The number of alkyl halides is 1. The van der Waals surface area contributed by atoms with Crippen LogP contribution in [0.15, 0.2) is 24.3 Å². The summed E-state index contributed by atoms with van der Waals surface area (Å²) in [6.07, 6.45) is 0.104. The number of nitriles is 1. The van der Waals surface area contributed by atoms with Crippen molar-refractivity contribution in [2.45, 2.75) is 10.5 Å². The van der Waals surface area contributed by atoms with Gasteiger partial charge >= 0.3 is 0 Å². The molecule has 3 nitrogen and oxygen atoms in total. The van der Waals surface area contributed by atoms with Gasteiger partial charge in [0.05, 0.1) is 11.6 Å². The van der Waals surface area contributed by atoms with Crippen molar-refractivity contribution in [3.05, 3.63) is 35.4 Å². The van der Waals surface area contributed by atoms with E-state index in [1.807, 2.05) is 6.07 Å². The van der Waals surface area contributed by atoms with Crippen LogP contribution in [0.25, 0.3) is 0 Å². The Hall–Kier alpha value is -0.930. The fourth-order valence-corrected chi connectivity index (χ4v) is 1.40. The van der Waals surface area contributed by atoms with Gasteiger partial charge in [0.2, 0.25) is 0 Å². The summed E-state index contributed by atoms with van der Waals surface area (Å²) in [5, 5.41) is 17.5. The lowest BCUT2D eigenvalue weighted by Crippen LogP contribution is -2.06. The Balaban J connectivity index is 2.78. The zero-order chi connectivity index (χ0) is 10.6. The summed E-state index contributed by atoms with van der Waals surface area (Å²) in [4.78, 5) is 11.4. The summed E-state index contributed by atoms with van der Waals surface area (Å²) in [6.45, 7) is 0. The standard InChI is InChI=1S/C10H8INO2/c11-10(14)5-9(13)8-3-1-7(6-12)2-4-8/h1-4,10,14H,5H2. The van der Waals surface area contributed by atoms with E-state index in [0.29, 0.717) is 11.1 Å². The highest BCUT2D eigenvalue weighted by atomic mass is 127. The van der Waals surface area contributed by atoms with Gasteiger partial charge in [0.25, 0.3) is 0 Å². The number of Topliss-reactive ketones (excluding diaryl/α,β-unsaturated/α-hetero) is 1. The van der Waals surface area contributed by atoms with Crippen LogP contribution in [0, 0.1) is 11.3 Å². The summed E-state index contributed by atoms with van der Waals surface area (Å²) in [5.41, 5.74) is 1.05. The Morgan fingerprint density at radius 2 is 2.07 bits per heavy atom. The molecule has 0 aliphatic rings. The topological polar surface area (TPSA) is 61.1 Å². The summed E-state index contributed by atoms with van der Waals surface area (Å²) < 4.78 is -0.657. The number of rotatable bonds is 3. The first-order valence-corrected chi connectivity index (χ1v) is 5.23. The molecule has 72 valence electrons. The van der Waals surface area contributed by atoms with Gasteiger partial charge in [-0.05, 0) is 12.1 Å². The summed E-state index contributed by atoms with van der Waals surface area (Å²) in [7, 11) is 0. The number of halogens is 1. The number of hydrogen-bond donors (Lipinski definition) is 1. The van der Waals surface area contributed by atoms with Crippen LogP contribution in [0.4, 0.5) is 0 Å². The number of carbonyl (C=O) groups is 1. The molecule has 4 heteroatoms. The molecule has 0 radical (unpaired) electrons. The van der Waals surface area contributed by atoms with E-state index in [0.717, 1.165) is 0 Å². The van der Waals surface area contributed by atoms with Crippen LogP contribution in [0.2, 0.25) is 0 Å². The summed E-state index contributed by atoms with van der Waals surface area (Å²) in [5.74, 6) is -0.114. The van der Waals surface area contributed by atoms with Gasteiger partial charge in [-0.15, -0.1) is 0 Å². The van der Waals surface area contributed by atoms with Crippen molar-refractivity contribution < 1.29 is 9.90 Å².